The minimum Gasteiger partial charge on any atom is -0.618 e. The molecule has 120 valence electrons. The van der Waals surface area contributed by atoms with Crippen molar-refractivity contribution in [2.45, 2.75) is 24.3 Å². The van der Waals surface area contributed by atoms with Crippen LogP contribution in [0.5, 0.6) is 0 Å². The molecule has 0 radical (unpaired) electrons. The van der Waals surface area contributed by atoms with Crippen molar-refractivity contribution >= 4 is 39.9 Å². The largest absolute Gasteiger partial charge is 0.618 e. The first-order valence-electron chi connectivity index (χ1n) is 7.11. The number of hydrogen-bond donors (Lipinski definition) is 2. The van der Waals surface area contributed by atoms with Crippen LogP contribution < -0.4 is 15.8 Å². The molecule has 0 bridgehead atoms. The molecule has 0 fully saturated rings. The van der Waals surface area contributed by atoms with Gasteiger partial charge in [-0.15, -0.1) is 11.3 Å². The first kappa shape index (κ1) is 15.8. The van der Waals surface area contributed by atoms with Crippen LogP contribution in [0.3, 0.4) is 0 Å². The Morgan fingerprint density at radius 1 is 1.39 bits per heavy atom. The summed E-state index contributed by atoms with van der Waals surface area (Å²) >= 11 is 2.57. The third-order valence-electron chi connectivity index (χ3n) is 3.56. The monoisotopic (exact) mass is 349 g/mol. The number of carbonyl (C=O) groups excluding carboxylic acids is 2. The number of nitrogens with one attached hydrogen (secondary N) is 1. The highest BCUT2D eigenvalue weighted by Gasteiger charge is 2.26. The topological polar surface area (TPSA) is 99.1 Å². The maximum atomic E-state index is 12.1. The van der Waals surface area contributed by atoms with E-state index in [1.54, 1.807) is 18.2 Å². The Morgan fingerprint density at radius 3 is 2.96 bits per heavy atom. The van der Waals surface area contributed by atoms with Gasteiger partial charge in [-0.05, 0) is 42.7 Å². The number of aryl methyl sites for hydroxylation is 1. The predicted molar refractivity (Wildman–Crippen MR) is 89.6 cm³/mol. The molecule has 3 N–H and O–H groups in total. The molecule has 2 aromatic heterocycles. The van der Waals surface area contributed by atoms with Gasteiger partial charge < -0.3 is 16.3 Å². The molecule has 23 heavy (non-hydrogen) atoms. The number of primary amides is 1. The number of rotatable bonds is 5. The van der Waals surface area contributed by atoms with Gasteiger partial charge in [0, 0.05) is 17.0 Å². The molecule has 2 amide bonds. The highest BCUT2D eigenvalue weighted by Crippen LogP contribution is 2.38. The number of aromatic nitrogens is 1. The standard InChI is InChI=1S/C15H15N3O3S2/c16-14(20)13-9-4-3-5-10(9)23-15(13)17-11(19)8-22-12-6-1-2-7-18(12)21/h1-2,6-7H,3-5,8H2,(H2,16,20)(H,17,19). The van der Waals surface area contributed by atoms with Crippen LogP contribution >= 0.6 is 23.1 Å². The number of amides is 2. The van der Waals surface area contributed by atoms with Crippen molar-refractivity contribution in [3.05, 3.63) is 45.6 Å². The summed E-state index contributed by atoms with van der Waals surface area (Å²) in [5.74, 6) is -0.679. The summed E-state index contributed by atoms with van der Waals surface area (Å²) in [6, 6.07) is 5.02. The Kier molecular flexibility index (Phi) is 4.53. The number of nitrogens with zero attached hydrogens (tertiary/aromatic N) is 1. The molecule has 6 nitrogen and oxygen atoms in total. The molecular weight excluding hydrogens is 334 g/mol. The van der Waals surface area contributed by atoms with Crippen molar-refractivity contribution in [3.8, 4) is 0 Å². The number of carbonyl (C=O) groups is 2. The van der Waals surface area contributed by atoms with Crippen LogP contribution in [0, 0.1) is 5.21 Å². The summed E-state index contributed by atoms with van der Waals surface area (Å²) in [6.45, 7) is 0. The van der Waals surface area contributed by atoms with Crippen LogP contribution in [-0.2, 0) is 17.6 Å². The van der Waals surface area contributed by atoms with E-state index in [4.69, 9.17) is 5.73 Å². The van der Waals surface area contributed by atoms with Gasteiger partial charge >= 0.3 is 0 Å². The lowest BCUT2D eigenvalue weighted by molar-refractivity contribution is -0.645. The van der Waals surface area contributed by atoms with E-state index in [9.17, 15) is 14.8 Å². The van der Waals surface area contributed by atoms with Crippen LogP contribution in [0.25, 0.3) is 0 Å². The van der Waals surface area contributed by atoms with Crippen LogP contribution in [0.15, 0.2) is 29.4 Å². The zero-order valence-electron chi connectivity index (χ0n) is 12.2. The van der Waals surface area contributed by atoms with Crippen LogP contribution in [0.2, 0.25) is 0 Å². The molecule has 0 spiro atoms. The Balaban J connectivity index is 1.69. The van der Waals surface area contributed by atoms with E-state index < -0.39 is 5.91 Å². The zero-order valence-corrected chi connectivity index (χ0v) is 13.8. The van der Waals surface area contributed by atoms with Crippen LogP contribution in [-0.4, -0.2) is 17.6 Å². The van der Waals surface area contributed by atoms with Gasteiger partial charge in [-0.3, -0.25) is 9.59 Å². The van der Waals surface area contributed by atoms with E-state index >= 15 is 0 Å². The molecule has 8 heteroatoms. The SMILES string of the molecule is NC(=O)c1c(NC(=O)CSc2cccc[n+]2[O-])sc2c1CCC2. The Morgan fingerprint density at radius 2 is 2.22 bits per heavy atom. The Bertz CT molecular complexity index is 773. The summed E-state index contributed by atoms with van der Waals surface area (Å²) in [5.41, 5.74) is 6.88. The van der Waals surface area contributed by atoms with Crippen molar-refractivity contribution in [2.24, 2.45) is 5.73 Å². The molecule has 2 aromatic rings. The van der Waals surface area contributed by atoms with Gasteiger partial charge in [0.2, 0.25) is 5.91 Å². The van der Waals surface area contributed by atoms with Crippen molar-refractivity contribution in [2.75, 3.05) is 11.1 Å². The van der Waals surface area contributed by atoms with Crippen molar-refractivity contribution in [1.82, 2.24) is 0 Å². The second-order valence-electron chi connectivity index (χ2n) is 5.13. The molecular formula is C15H15N3O3S2. The number of thioether (sulfide) groups is 1. The van der Waals surface area contributed by atoms with Crippen molar-refractivity contribution < 1.29 is 14.3 Å². The summed E-state index contributed by atoms with van der Waals surface area (Å²) in [5, 5.41) is 15.3. The summed E-state index contributed by atoms with van der Waals surface area (Å²) in [6.07, 6.45) is 4.15. The Labute approximate surface area is 141 Å². The molecule has 0 saturated heterocycles. The third-order valence-corrected chi connectivity index (χ3v) is 5.79. The molecule has 1 aliphatic carbocycles. The van der Waals surface area contributed by atoms with E-state index in [0.29, 0.717) is 20.3 Å². The van der Waals surface area contributed by atoms with E-state index in [0.717, 1.165) is 41.5 Å². The van der Waals surface area contributed by atoms with Gasteiger partial charge in [0.1, 0.15) is 5.00 Å². The molecule has 3 rings (SSSR count). The average molecular weight is 349 g/mol. The van der Waals surface area contributed by atoms with Gasteiger partial charge in [-0.25, -0.2) is 0 Å². The van der Waals surface area contributed by atoms with Gasteiger partial charge in [0.05, 0.1) is 11.3 Å². The van der Waals surface area contributed by atoms with E-state index in [1.807, 2.05) is 0 Å². The summed E-state index contributed by atoms with van der Waals surface area (Å²) in [4.78, 5) is 24.9. The summed E-state index contributed by atoms with van der Waals surface area (Å²) < 4.78 is 0.715. The fourth-order valence-corrected chi connectivity index (χ4v) is 4.60. The van der Waals surface area contributed by atoms with Gasteiger partial charge in [-0.1, -0.05) is 0 Å². The Hall–Kier alpha value is -2.06. The van der Waals surface area contributed by atoms with Crippen molar-refractivity contribution in [1.29, 1.82) is 0 Å². The highest BCUT2D eigenvalue weighted by molar-refractivity contribution is 7.99. The second kappa shape index (κ2) is 6.59. The van der Waals surface area contributed by atoms with Gasteiger partial charge in [0.15, 0.2) is 6.20 Å². The van der Waals surface area contributed by atoms with Gasteiger partial charge in [-0.2, -0.15) is 4.73 Å². The molecule has 2 heterocycles. The molecule has 0 aromatic carbocycles. The number of hydrogen-bond acceptors (Lipinski definition) is 5. The quantitative estimate of drug-likeness (QED) is 0.487. The van der Waals surface area contributed by atoms with E-state index in [2.05, 4.69) is 5.32 Å². The molecule has 0 atom stereocenters. The maximum Gasteiger partial charge on any atom is 0.251 e. The number of nitrogens with two attached hydrogens (primary N) is 1. The lowest BCUT2D eigenvalue weighted by Crippen LogP contribution is -2.28. The fraction of sp³-hybridized carbons (Fsp3) is 0.267. The number of pyridine rings is 1. The lowest BCUT2D eigenvalue weighted by Gasteiger charge is -2.06. The van der Waals surface area contributed by atoms with Crippen molar-refractivity contribution in [3.63, 3.8) is 0 Å². The fourth-order valence-electron chi connectivity index (χ4n) is 2.58. The maximum absolute atomic E-state index is 12.1. The minimum atomic E-state index is -0.507. The normalized spacial score (nSPS) is 12.9. The third kappa shape index (κ3) is 3.32. The number of thiophene rings is 1. The lowest BCUT2D eigenvalue weighted by atomic mass is 10.1. The first-order chi connectivity index (χ1) is 11.1. The molecule has 0 saturated carbocycles. The highest BCUT2D eigenvalue weighted by atomic mass is 32.2. The summed E-state index contributed by atoms with van der Waals surface area (Å²) in [7, 11) is 0. The first-order valence-corrected chi connectivity index (χ1v) is 8.91. The zero-order chi connectivity index (χ0) is 16.4. The molecule has 1 aliphatic rings. The average Bonchev–Trinajstić information content (AvgIpc) is 3.06. The predicted octanol–water partition coefficient (Wildman–Crippen LogP) is 1.70. The smallest absolute Gasteiger partial charge is 0.251 e. The number of anilines is 1. The van der Waals surface area contributed by atoms with Gasteiger partial charge in [0.25, 0.3) is 10.9 Å². The second-order valence-corrected chi connectivity index (χ2v) is 7.23. The van der Waals surface area contributed by atoms with Crippen LogP contribution in [0.4, 0.5) is 5.00 Å². The minimum absolute atomic E-state index is 0.0903. The van der Waals surface area contributed by atoms with E-state index in [-0.39, 0.29) is 11.7 Å². The van der Waals surface area contributed by atoms with E-state index in [1.165, 1.54) is 17.5 Å². The molecule has 0 unspecified atom stereocenters. The number of fused-ring (bicyclic) bond motifs is 1. The molecule has 0 aliphatic heterocycles. The van der Waals surface area contributed by atoms with Crippen LogP contribution in [0.1, 0.15) is 27.2 Å².